The van der Waals surface area contributed by atoms with Crippen LogP contribution in [-0.2, 0) is 0 Å². The monoisotopic (exact) mass is 173 g/mol. The normalized spacial score (nSPS) is 21.8. The first-order valence-corrected chi connectivity index (χ1v) is 2.65. The maximum absolute atomic E-state index is 6.66. The minimum atomic E-state index is -1.71. The van der Waals surface area contributed by atoms with Gasteiger partial charge in [0.25, 0.3) is 0 Å². The Kier molecular flexibility index (Phi) is 1.35. The molecule has 0 amide bonds. The van der Waals surface area contributed by atoms with Crippen molar-refractivity contribution in [2.75, 3.05) is 4.43 Å². The quantitative estimate of drug-likeness (QED) is 0.419. The Labute approximate surface area is 44.9 Å². The molecule has 26 valence electrons. The molecule has 0 aromatic carbocycles. The molecule has 4 heavy (non-hydrogen) atoms. The molecule has 0 unspecified atom stereocenters. The van der Waals surface area contributed by atoms with Crippen LogP contribution in [0.3, 0.4) is 0 Å². The van der Waals surface area contributed by atoms with Crippen LogP contribution in [-0.4, -0.2) is 4.43 Å². The first-order chi connectivity index (χ1) is 3.06. The van der Waals surface area contributed by atoms with Crippen molar-refractivity contribution < 1.29 is 4.11 Å². The zero-order valence-electron chi connectivity index (χ0n) is 5.29. The van der Waals surface area contributed by atoms with E-state index in [1.807, 2.05) is 0 Å². The third kappa shape index (κ3) is 2.73. The summed E-state index contributed by atoms with van der Waals surface area (Å²) in [7, 11) is 0. The van der Waals surface area contributed by atoms with Crippen molar-refractivity contribution in [3.63, 3.8) is 0 Å². The molecule has 0 aromatic rings. The maximum Gasteiger partial charge on any atom is 0.0231 e. The summed E-state index contributed by atoms with van der Waals surface area (Å²) in [5, 5.41) is 0. The van der Waals surface area contributed by atoms with Gasteiger partial charge in [-0.1, -0.05) is 29.4 Å². The van der Waals surface area contributed by atoms with Gasteiger partial charge in [-0.25, -0.2) is 0 Å². The number of alkyl halides is 1. The van der Waals surface area contributed by atoms with Crippen LogP contribution in [0.5, 0.6) is 0 Å². The molecule has 0 nitrogen and oxygen atoms in total. The molecule has 0 heterocycles. The van der Waals surface area contributed by atoms with Crippen LogP contribution in [0, 0.1) is 0 Å². The van der Waals surface area contributed by atoms with Crippen LogP contribution in [0.15, 0.2) is 0 Å². The molecule has 1 heteroatoms. The molecule has 0 N–H and O–H groups in total. The van der Waals surface area contributed by atoms with E-state index in [4.69, 9.17) is 4.11 Å². The van der Waals surface area contributed by atoms with Gasteiger partial charge in [0.15, 0.2) is 0 Å². The van der Waals surface area contributed by atoms with E-state index in [0.717, 1.165) is 0 Å². The van der Waals surface area contributed by atoms with Gasteiger partial charge in [0.2, 0.25) is 0 Å². The second kappa shape index (κ2) is 3.73. The molecule has 0 rings (SSSR count). The molecule has 0 fully saturated rings. The SMILES string of the molecule is [2H]C([2H])([2H])CCI. The van der Waals surface area contributed by atoms with Crippen LogP contribution >= 0.6 is 22.6 Å². The third-order valence-electron chi connectivity index (χ3n) is 0.0945. The van der Waals surface area contributed by atoms with Crippen LogP contribution in [0.25, 0.3) is 0 Å². The maximum atomic E-state index is 6.66. The highest BCUT2D eigenvalue weighted by Gasteiger charge is 1.58. The summed E-state index contributed by atoms with van der Waals surface area (Å²) < 4.78 is 20.7. The molecular formula is C3H7I. The predicted molar refractivity (Wildman–Crippen MR) is 29.2 cm³/mol. The average Bonchev–Trinajstić information content (AvgIpc) is 1.30. The smallest absolute Gasteiger partial charge is 0.0231 e. The lowest BCUT2D eigenvalue weighted by Crippen LogP contribution is -1.54. The number of halogens is 1. The van der Waals surface area contributed by atoms with Gasteiger partial charge in [0, 0.05) is 4.11 Å². The second-order valence-corrected chi connectivity index (χ2v) is 1.52. The lowest BCUT2D eigenvalue weighted by atomic mass is 10.6. The first-order valence-electron chi connectivity index (χ1n) is 2.62. The van der Waals surface area contributed by atoms with Crippen molar-refractivity contribution in [2.24, 2.45) is 0 Å². The van der Waals surface area contributed by atoms with Gasteiger partial charge in [0.1, 0.15) is 0 Å². The van der Waals surface area contributed by atoms with Gasteiger partial charge in [-0.15, -0.1) is 0 Å². The Morgan fingerprint density at radius 1 is 2.25 bits per heavy atom. The molecule has 0 radical (unpaired) electrons. The van der Waals surface area contributed by atoms with E-state index in [2.05, 4.69) is 22.6 Å². The summed E-state index contributed by atoms with van der Waals surface area (Å²) >= 11 is 2.05. The average molecular weight is 173 g/mol. The summed E-state index contributed by atoms with van der Waals surface area (Å²) in [4.78, 5) is 0. The van der Waals surface area contributed by atoms with Gasteiger partial charge >= 0.3 is 0 Å². The minimum absolute atomic E-state index is 0.327. The van der Waals surface area contributed by atoms with Gasteiger partial charge in [-0.2, -0.15) is 0 Å². The molecule has 0 aliphatic heterocycles. The zero-order chi connectivity index (χ0) is 5.91. The Morgan fingerprint density at radius 3 is 3.00 bits per heavy atom. The Morgan fingerprint density at radius 2 is 3.00 bits per heavy atom. The standard InChI is InChI=1S/C3H7I/c1-2-3-4/h2-3H2,1H3/i1D3. The van der Waals surface area contributed by atoms with Crippen LogP contribution in [0.1, 0.15) is 17.4 Å². The highest BCUT2D eigenvalue weighted by Crippen LogP contribution is 1.81. The van der Waals surface area contributed by atoms with Crippen LogP contribution in [0.4, 0.5) is 0 Å². The summed E-state index contributed by atoms with van der Waals surface area (Å²) in [5.74, 6) is 0. The lowest BCUT2D eigenvalue weighted by molar-refractivity contribution is 1.13. The van der Waals surface area contributed by atoms with Gasteiger partial charge < -0.3 is 0 Å². The number of rotatable bonds is 1. The topological polar surface area (TPSA) is 0 Å². The summed E-state index contributed by atoms with van der Waals surface area (Å²) in [6.07, 6.45) is 0.327. The van der Waals surface area contributed by atoms with E-state index in [0.29, 0.717) is 10.8 Å². The molecule has 0 bridgehead atoms. The number of hydrogen-bond acceptors (Lipinski definition) is 0. The predicted octanol–water partition coefficient (Wildman–Crippen LogP) is 1.83. The highest BCUT2D eigenvalue weighted by atomic mass is 127. The fraction of sp³-hybridized carbons (Fsp3) is 1.00. The Balaban J connectivity index is 3.15. The molecule has 0 saturated carbocycles. The molecule has 0 spiro atoms. The fourth-order valence-corrected chi connectivity index (χ4v) is 0. The van der Waals surface area contributed by atoms with E-state index >= 15 is 0 Å². The summed E-state index contributed by atoms with van der Waals surface area (Å²) in [6, 6.07) is 0. The van der Waals surface area contributed by atoms with Crippen LogP contribution < -0.4 is 0 Å². The largest absolute Gasteiger partial charge is 0.0864 e. The highest BCUT2D eigenvalue weighted by molar-refractivity contribution is 14.1. The molecule has 0 aromatic heterocycles. The lowest BCUT2D eigenvalue weighted by Gasteiger charge is -1.66. The van der Waals surface area contributed by atoms with Crippen molar-refractivity contribution in [1.29, 1.82) is 0 Å². The van der Waals surface area contributed by atoms with E-state index in [-0.39, 0.29) is 0 Å². The van der Waals surface area contributed by atoms with E-state index < -0.39 is 6.85 Å². The van der Waals surface area contributed by atoms with Gasteiger partial charge in [-0.3, -0.25) is 0 Å². The van der Waals surface area contributed by atoms with Gasteiger partial charge in [-0.05, 0) is 10.8 Å². The molecular weight excluding hydrogens is 163 g/mol. The molecule has 0 atom stereocenters. The summed E-state index contributed by atoms with van der Waals surface area (Å²) in [6.45, 7) is -1.71. The third-order valence-corrected chi connectivity index (χ3v) is 0.634. The van der Waals surface area contributed by atoms with Crippen molar-refractivity contribution in [1.82, 2.24) is 0 Å². The fourth-order valence-electron chi connectivity index (χ4n) is 0. The zero-order valence-corrected chi connectivity index (χ0v) is 4.45. The van der Waals surface area contributed by atoms with Crippen molar-refractivity contribution in [2.45, 2.75) is 13.3 Å². The number of hydrogen-bond donors (Lipinski definition) is 0. The molecule has 0 aliphatic rings. The Bertz CT molecular complexity index is 48.6. The van der Waals surface area contributed by atoms with Crippen LogP contribution in [0.2, 0.25) is 0 Å². The van der Waals surface area contributed by atoms with E-state index in [1.165, 1.54) is 0 Å². The molecule has 0 saturated heterocycles. The van der Waals surface area contributed by atoms with Crippen molar-refractivity contribution in [3.05, 3.63) is 0 Å². The second-order valence-electron chi connectivity index (χ2n) is 0.439. The molecule has 0 aliphatic carbocycles. The summed E-state index contributed by atoms with van der Waals surface area (Å²) in [5.41, 5.74) is 0. The van der Waals surface area contributed by atoms with Crippen molar-refractivity contribution >= 4 is 22.6 Å². The van der Waals surface area contributed by atoms with Gasteiger partial charge in [0.05, 0.1) is 0 Å². The Hall–Kier alpha value is 0.730. The first kappa shape index (κ1) is 1.45. The minimum Gasteiger partial charge on any atom is -0.0864 e. The van der Waals surface area contributed by atoms with Crippen molar-refractivity contribution in [3.8, 4) is 0 Å². The van der Waals surface area contributed by atoms with E-state index in [9.17, 15) is 0 Å². The van der Waals surface area contributed by atoms with E-state index in [1.54, 1.807) is 0 Å².